The van der Waals surface area contributed by atoms with Crippen molar-refractivity contribution in [3.8, 4) is 5.69 Å². The Morgan fingerprint density at radius 1 is 1.19 bits per heavy atom. The highest BCUT2D eigenvalue weighted by Crippen LogP contribution is 2.14. The number of nitrogens with zero attached hydrogens (tertiary/aromatic N) is 3. The number of nitrogens with one attached hydrogen (secondary N) is 1. The number of hydrogen-bond donors (Lipinski definition) is 3. The molecule has 0 radical (unpaired) electrons. The van der Waals surface area contributed by atoms with E-state index in [0.717, 1.165) is 11.3 Å². The molecule has 3 rings (SSSR count). The fourth-order valence-electron chi connectivity index (χ4n) is 3.21. The third-order valence-corrected chi connectivity index (χ3v) is 4.79. The maximum atomic E-state index is 14.2. The summed E-state index contributed by atoms with van der Waals surface area (Å²) in [6.45, 7) is 1.55. The van der Waals surface area contributed by atoms with E-state index in [1.165, 1.54) is 10.7 Å². The van der Waals surface area contributed by atoms with Crippen LogP contribution in [-0.2, 0) is 29.0 Å². The van der Waals surface area contributed by atoms with Crippen LogP contribution in [-0.4, -0.2) is 43.1 Å². The Morgan fingerprint density at radius 2 is 1.94 bits per heavy atom. The second-order valence-corrected chi connectivity index (χ2v) is 7.27. The lowest BCUT2D eigenvalue weighted by atomic mass is 10.1. The number of aliphatic carboxylic acids is 1. The number of carboxylic acid groups (broad SMARTS) is 1. The van der Waals surface area contributed by atoms with Gasteiger partial charge in [-0.1, -0.05) is 35.5 Å². The average Bonchev–Trinajstić information content (AvgIpc) is 3.19. The molecule has 0 saturated heterocycles. The first-order chi connectivity index (χ1) is 14.9. The van der Waals surface area contributed by atoms with Gasteiger partial charge in [-0.2, -0.15) is 0 Å². The van der Waals surface area contributed by atoms with Crippen LogP contribution in [0.2, 0.25) is 0 Å². The molecule has 1 aromatic heterocycles. The SMILES string of the molecule is Cc1cccc(CC(=O)NC(CC(=O)O)Cc2cn(-c3ccc(CO)cc3)nn2)c1F. The monoisotopic (exact) mass is 426 g/mol. The van der Waals surface area contributed by atoms with Crippen LogP contribution in [0.15, 0.2) is 48.7 Å². The molecule has 0 aliphatic carbocycles. The quantitative estimate of drug-likeness (QED) is 0.482. The normalized spacial score (nSPS) is 11.8. The van der Waals surface area contributed by atoms with Crippen molar-refractivity contribution >= 4 is 11.9 Å². The topological polar surface area (TPSA) is 117 Å². The van der Waals surface area contributed by atoms with E-state index in [1.54, 1.807) is 49.5 Å². The number of carbonyl (C=O) groups excluding carboxylic acids is 1. The van der Waals surface area contributed by atoms with E-state index in [0.29, 0.717) is 11.3 Å². The van der Waals surface area contributed by atoms with E-state index in [9.17, 15) is 19.1 Å². The van der Waals surface area contributed by atoms with Crippen LogP contribution in [0.3, 0.4) is 0 Å². The maximum Gasteiger partial charge on any atom is 0.305 e. The van der Waals surface area contributed by atoms with E-state index in [4.69, 9.17) is 5.11 Å². The van der Waals surface area contributed by atoms with E-state index < -0.39 is 23.7 Å². The predicted octanol–water partition coefficient (Wildman–Crippen LogP) is 1.95. The molecular formula is C22H23FN4O4. The van der Waals surface area contributed by atoms with Gasteiger partial charge in [0.25, 0.3) is 0 Å². The molecule has 31 heavy (non-hydrogen) atoms. The smallest absolute Gasteiger partial charge is 0.305 e. The number of aromatic nitrogens is 3. The second-order valence-electron chi connectivity index (χ2n) is 7.27. The molecule has 0 aliphatic heterocycles. The van der Waals surface area contributed by atoms with Crippen LogP contribution in [0.4, 0.5) is 4.39 Å². The lowest BCUT2D eigenvalue weighted by Crippen LogP contribution is -2.39. The summed E-state index contributed by atoms with van der Waals surface area (Å²) in [4.78, 5) is 23.7. The van der Waals surface area contributed by atoms with Crippen molar-refractivity contribution in [1.82, 2.24) is 20.3 Å². The Morgan fingerprint density at radius 3 is 2.61 bits per heavy atom. The molecule has 162 valence electrons. The van der Waals surface area contributed by atoms with Gasteiger partial charge < -0.3 is 15.5 Å². The number of halogens is 1. The van der Waals surface area contributed by atoms with Gasteiger partial charge in [0.1, 0.15) is 5.82 Å². The minimum Gasteiger partial charge on any atom is -0.481 e. The molecule has 1 unspecified atom stereocenters. The first kappa shape index (κ1) is 22.1. The zero-order valence-corrected chi connectivity index (χ0v) is 17.0. The van der Waals surface area contributed by atoms with Gasteiger partial charge in [0.2, 0.25) is 5.91 Å². The number of rotatable bonds is 9. The van der Waals surface area contributed by atoms with Gasteiger partial charge in [0, 0.05) is 12.5 Å². The van der Waals surface area contributed by atoms with Crippen molar-refractivity contribution in [2.75, 3.05) is 0 Å². The van der Waals surface area contributed by atoms with Crippen molar-refractivity contribution < 1.29 is 24.2 Å². The van der Waals surface area contributed by atoms with Crippen molar-refractivity contribution in [1.29, 1.82) is 0 Å². The Kier molecular flexibility index (Phi) is 7.09. The summed E-state index contributed by atoms with van der Waals surface area (Å²) in [5.74, 6) is -1.98. The summed E-state index contributed by atoms with van der Waals surface area (Å²) in [7, 11) is 0. The summed E-state index contributed by atoms with van der Waals surface area (Å²) < 4.78 is 15.7. The molecule has 8 nitrogen and oxygen atoms in total. The third kappa shape index (κ3) is 5.95. The van der Waals surface area contributed by atoms with Gasteiger partial charge in [-0.25, -0.2) is 9.07 Å². The van der Waals surface area contributed by atoms with Gasteiger partial charge in [0.05, 0.1) is 37.0 Å². The van der Waals surface area contributed by atoms with Crippen LogP contribution >= 0.6 is 0 Å². The molecule has 1 atom stereocenters. The summed E-state index contributed by atoms with van der Waals surface area (Å²) in [6, 6.07) is 11.2. The van der Waals surface area contributed by atoms with E-state index in [1.807, 2.05) is 0 Å². The number of aryl methyl sites for hydroxylation is 1. The van der Waals surface area contributed by atoms with Crippen molar-refractivity contribution in [3.05, 3.63) is 76.9 Å². The Bertz CT molecular complexity index is 1070. The largest absolute Gasteiger partial charge is 0.481 e. The van der Waals surface area contributed by atoms with E-state index in [2.05, 4.69) is 15.6 Å². The summed E-state index contributed by atoms with van der Waals surface area (Å²) in [6.07, 6.45) is 1.31. The molecule has 1 heterocycles. The van der Waals surface area contributed by atoms with E-state index >= 15 is 0 Å². The number of amides is 1. The summed E-state index contributed by atoms with van der Waals surface area (Å²) in [5, 5.41) is 29.1. The second kappa shape index (κ2) is 9.94. The first-order valence-electron chi connectivity index (χ1n) is 9.72. The highest BCUT2D eigenvalue weighted by Gasteiger charge is 2.20. The molecule has 3 aromatic rings. The minimum atomic E-state index is -1.07. The average molecular weight is 426 g/mol. The van der Waals surface area contributed by atoms with Gasteiger partial charge >= 0.3 is 5.97 Å². The number of benzene rings is 2. The number of aliphatic hydroxyl groups is 1. The molecule has 0 saturated carbocycles. The maximum absolute atomic E-state index is 14.2. The fraction of sp³-hybridized carbons (Fsp3) is 0.273. The molecule has 0 aliphatic rings. The lowest BCUT2D eigenvalue weighted by molar-refractivity contribution is -0.137. The van der Waals surface area contributed by atoms with Crippen molar-refractivity contribution in [3.63, 3.8) is 0 Å². The van der Waals surface area contributed by atoms with Crippen LogP contribution < -0.4 is 5.32 Å². The van der Waals surface area contributed by atoms with Gasteiger partial charge in [-0.15, -0.1) is 5.10 Å². The van der Waals surface area contributed by atoms with Gasteiger partial charge in [-0.3, -0.25) is 9.59 Å². The van der Waals surface area contributed by atoms with Crippen molar-refractivity contribution in [2.24, 2.45) is 0 Å². The summed E-state index contributed by atoms with van der Waals surface area (Å²) >= 11 is 0. The zero-order valence-electron chi connectivity index (χ0n) is 17.0. The first-order valence-corrected chi connectivity index (χ1v) is 9.72. The standard InChI is InChI=1S/C22H23FN4O4/c1-14-3-2-4-16(22(14)23)9-20(29)24-17(11-21(30)31)10-18-12-27(26-25-18)19-7-5-15(13-28)6-8-19/h2-8,12,17,28H,9-11,13H2,1H3,(H,24,29)(H,30,31). The van der Waals surface area contributed by atoms with Crippen LogP contribution in [0.5, 0.6) is 0 Å². The lowest BCUT2D eigenvalue weighted by Gasteiger charge is -2.16. The predicted molar refractivity (Wildman–Crippen MR) is 110 cm³/mol. The van der Waals surface area contributed by atoms with Crippen LogP contribution in [0, 0.1) is 12.7 Å². The fourth-order valence-corrected chi connectivity index (χ4v) is 3.21. The Hall–Kier alpha value is -3.59. The molecule has 2 aromatic carbocycles. The Balaban J connectivity index is 1.68. The third-order valence-electron chi connectivity index (χ3n) is 4.79. The number of aliphatic hydroxyl groups excluding tert-OH is 1. The van der Waals surface area contributed by atoms with Crippen molar-refractivity contribution in [2.45, 2.75) is 38.8 Å². The molecule has 0 fully saturated rings. The molecule has 0 bridgehead atoms. The van der Waals surface area contributed by atoms with Crippen LogP contribution in [0.1, 0.15) is 28.8 Å². The number of hydrogen-bond acceptors (Lipinski definition) is 5. The minimum absolute atomic E-state index is 0.0636. The number of carboxylic acids is 1. The highest BCUT2D eigenvalue weighted by molar-refractivity contribution is 5.79. The van der Waals surface area contributed by atoms with Crippen LogP contribution in [0.25, 0.3) is 5.69 Å². The van der Waals surface area contributed by atoms with E-state index in [-0.39, 0.29) is 31.4 Å². The zero-order chi connectivity index (χ0) is 22.4. The molecular weight excluding hydrogens is 403 g/mol. The molecule has 3 N–H and O–H groups in total. The molecule has 1 amide bonds. The number of carbonyl (C=O) groups is 2. The highest BCUT2D eigenvalue weighted by atomic mass is 19.1. The van der Waals surface area contributed by atoms with Gasteiger partial charge in [0.15, 0.2) is 0 Å². The molecule has 0 spiro atoms. The Labute approximate surface area is 178 Å². The van der Waals surface area contributed by atoms with Gasteiger partial charge in [-0.05, 0) is 35.7 Å². The summed E-state index contributed by atoms with van der Waals surface area (Å²) in [5.41, 5.74) is 2.68. The molecule has 9 heteroatoms.